The zero-order chi connectivity index (χ0) is 13.5. The van der Waals surface area contributed by atoms with Crippen molar-refractivity contribution in [1.29, 1.82) is 0 Å². The molecule has 0 aromatic heterocycles. The fraction of sp³-hybridized carbons (Fsp3) is 0.500. The first kappa shape index (κ1) is 15.0. The number of halogens is 1. The molecule has 0 aliphatic heterocycles. The zero-order valence-electron chi connectivity index (χ0n) is 11.1. The van der Waals surface area contributed by atoms with Crippen molar-refractivity contribution in [2.45, 2.75) is 25.1 Å². The van der Waals surface area contributed by atoms with E-state index in [0.29, 0.717) is 28.6 Å². The van der Waals surface area contributed by atoms with Crippen LogP contribution in [-0.4, -0.2) is 24.4 Å². The Morgan fingerprint density at radius 1 is 1.44 bits per heavy atom. The molecule has 1 amide bonds. The van der Waals surface area contributed by atoms with Crippen LogP contribution in [0.3, 0.4) is 0 Å². The molecule has 1 rings (SSSR count). The van der Waals surface area contributed by atoms with E-state index < -0.39 is 0 Å². The molecular weight excluding hydrogens is 294 g/mol. The van der Waals surface area contributed by atoms with Gasteiger partial charge in [0, 0.05) is 16.9 Å². The average molecular weight is 314 g/mol. The molecule has 0 heterocycles. The Morgan fingerprint density at radius 3 is 2.78 bits per heavy atom. The predicted molar refractivity (Wildman–Crippen MR) is 77.5 cm³/mol. The van der Waals surface area contributed by atoms with E-state index in [0.717, 1.165) is 6.42 Å². The van der Waals surface area contributed by atoms with Crippen LogP contribution in [0.1, 0.15) is 30.6 Å². The van der Waals surface area contributed by atoms with Gasteiger partial charge in [-0.1, -0.05) is 35.8 Å². The van der Waals surface area contributed by atoms with Gasteiger partial charge in [-0.05, 0) is 30.5 Å². The largest absolute Gasteiger partial charge is 0.497 e. The first-order valence-electron chi connectivity index (χ1n) is 6.09. The second-order valence-electron chi connectivity index (χ2n) is 4.67. The molecule has 1 atom stereocenters. The molecule has 0 spiro atoms. The molecule has 1 aromatic rings. The summed E-state index contributed by atoms with van der Waals surface area (Å²) < 4.78 is 5.09. The number of ether oxygens (including phenoxy) is 1. The summed E-state index contributed by atoms with van der Waals surface area (Å²) in [5, 5.41) is 2.91. The second-order valence-corrected chi connectivity index (χ2v) is 5.96. The van der Waals surface area contributed by atoms with Crippen molar-refractivity contribution in [1.82, 2.24) is 5.32 Å². The van der Waals surface area contributed by atoms with Crippen molar-refractivity contribution < 1.29 is 9.53 Å². The Bertz CT molecular complexity index is 393. The lowest BCUT2D eigenvalue weighted by Gasteiger charge is -2.13. The van der Waals surface area contributed by atoms with Gasteiger partial charge in [-0.3, -0.25) is 4.79 Å². The van der Waals surface area contributed by atoms with Crippen LogP contribution in [0.15, 0.2) is 24.3 Å². The summed E-state index contributed by atoms with van der Waals surface area (Å²) in [5.74, 6) is 1.24. The van der Waals surface area contributed by atoms with Gasteiger partial charge in [0.1, 0.15) is 5.75 Å². The van der Waals surface area contributed by atoms with Gasteiger partial charge in [-0.25, -0.2) is 0 Å². The van der Waals surface area contributed by atoms with E-state index in [4.69, 9.17) is 4.74 Å². The molecule has 0 saturated carbocycles. The van der Waals surface area contributed by atoms with Crippen LogP contribution >= 0.6 is 15.9 Å². The van der Waals surface area contributed by atoms with Crippen LogP contribution in [0, 0.1) is 5.92 Å². The number of hydrogen-bond acceptors (Lipinski definition) is 2. The van der Waals surface area contributed by atoms with E-state index in [1.54, 1.807) is 19.2 Å². The monoisotopic (exact) mass is 313 g/mol. The zero-order valence-corrected chi connectivity index (χ0v) is 12.7. The number of carbonyl (C=O) groups excluding carboxylic acids is 1. The lowest BCUT2D eigenvalue weighted by molar-refractivity contribution is 0.0953. The number of nitrogens with one attached hydrogen (secondary N) is 1. The third-order valence-corrected chi connectivity index (χ3v) is 3.24. The molecule has 4 heteroatoms. The number of carbonyl (C=O) groups is 1. The fourth-order valence-electron chi connectivity index (χ4n) is 1.66. The van der Waals surface area contributed by atoms with Gasteiger partial charge < -0.3 is 10.1 Å². The molecule has 100 valence electrons. The molecule has 0 aliphatic carbocycles. The van der Waals surface area contributed by atoms with E-state index in [1.165, 1.54) is 0 Å². The summed E-state index contributed by atoms with van der Waals surface area (Å²) in [6.45, 7) is 4.96. The van der Waals surface area contributed by atoms with Gasteiger partial charge in [-0.15, -0.1) is 0 Å². The lowest BCUT2D eigenvalue weighted by Crippen LogP contribution is -2.30. The SMILES string of the molecule is COc1cccc(C(=O)NCC(Br)CC(C)C)c1. The van der Waals surface area contributed by atoms with Gasteiger partial charge in [-0.2, -0.15) is 0 Å². The molecule has 0 saturated heterocycles. The smallest absolute Gasteiger partial charge is 0.251 e. The van der Waals surface area contributed by atoms with Crippen molar-refractivity contribution >= 4 is 21.8 Å². The van der Waals surface area contributed by atoms with Gasteiger partial charge >= 0.3 is 0 Å². The first-order chi connectivity index (χ1) is 8.52. The van der Waals surface area contributed by atoms with Crippen molar-refractivity contribution in [3.8, 4) is 5.75 Å². The number of hydrogen-bond donors (Lipinski definition) is 1. The Kier molecular flexibility index (Phi) is 6.19. The van der Waals surface area contributed by atoms with Gasteiger partial charge in [0.25, 0.3) is 5.91 Å². The maximum absolute atomic E-state index is 11.9. The molecule has 0 aliphatic rings. The Morgan fingerprint density at radius 2 is 2.17 bits per heavy atom. The van der Waals surface area contributed by atoms with Crippen LogP contribution in [0.5, 0.6) is 5.75 Å². The van der Waals surface area contributed by atoms with E-state index in [1.807, 2.05) is 12.1 Å². The van der Waals surface area contributed by atoms with Crippen molar-refractivity contribution in [3.05, 3.63) is 29.8 Å². The quantitative estimate of drug-likeness (QED) is 0.819. The van der Waals surface area contributed by atoms with Gasteiger partial charge in [0.2, 0.25) is 0 Å². The summed E-state index contributed by atoms with van der Waals surface area (Å²) in [4.78, 5) is 12.2. The molecule has 1 unspecified atom stereocenters. The summed E-state index contributed by atoms with van der Waals surface area (Å²) in [5.41, 5.74) is 0.624. The maximum Gasteiger partial charge on any atom is 0.251 e. The molecule has 3 nitrogen and oxygen atoms in total. The summed E-state index contributed by atoms with van der Waals surface area (Å²) in [6.07, 6.45) is 1.04. The van der Waals surface area contributed by atoms with Gasteiger partial charge in [0.15, 0.2) is 0 Å². The van der Waals surface area contributed by atoms with Crippen molar-refractivity contribution in [2.24, 2.45) is 5.92 Å². The second kappa shape index (κ2) is 7.41. The maximum atomic E-state index is 11.9. The highest BCUT2D eigenvalue weighted by Crippen LogP contribution is 2.14. The minimum Gasteiger partial charge on any atom is -0.497 e. The Labute approximate surface area is 117 Å². The Hall–Kier alpha value is -1.03. The van der Waals surface area contributed by atoms with Crippen LogP contribution in [-0.2, 0) is 0 Å². The molecule has 0 fully saturated rings. The number of alkyl halides is 1. The number of benzene rings is 1. The first-order valence-corrected chi connectivity index (χ1v) is 7.00. The molecular formula is C14H20BrNO2. The lowest BCUT2D eigenvalue weighted by atomic mass is 10.1. The highest BCUT2D eigenvalue weighted by atomic mass is 79.9. The van der Waals surface area contributed by atoms with E-state index in [-0.39, 0.29) is 5.91 Å². The third-order valence-electron chi connectivity index (χ3n) is 2.54. The van der Waals surface area contributed by atoms with Crippen molar-refractivity contribution in [3.63, 3.8) is 0 Å². The average Bonchev–Trinajstić information content (AvgIpc) is 2.35. The normalized spacial score (nSPS) is 12.3. The van der Waals surface area contributed by atoms with Crippen LogP contribution < -0.4 is 10.1 Å². The topological polar surface area (TPSA) is 38.3 Å². The molecule has 18 heavy (non-hydrogen) atoms. The molecule has 1 N–H and O–H groups in total. The molecule has 0 radical (unpaired) electrons. The minimum atomic E-state index is -0.0675. The van der Waals surface area contributed by atoms with Crippen LogP contribution in [0.25, 0.3) is 0 Å². The summed E-state index contributed by atoms with van der Waals surface area (Å²) in [6, 6.07) is 7.15. The van der Waals surface area contributed by atoms with Crippen molar-refractivity contribution in [2.75, 3.05) is 13.7 Å². The van der Waals surface area contributed by atoms with Crippen LogP contribution in [0.4, 0.5) is 0 Å². The Balaban J connectivity index is 2.49. The van der Waals surface area contributed by atoms with E-state index in [9.17, 15) is 4.79 Å². The number of amides is 1. The predicted octanol–water partition coefficient (Wildman–Crippen LogP) is 3.23. The van der Waals surface area contributed by atoms with Crippen LogP contribution in [0.2, 0.25) is 0 Å². The van der Waals surface area contributed by atoms with E-state index >= 15 is 0 Å². The number of rotatable bonds is 6. The third kappa shape index (κ3) is 5.08. The number of methoxy groups -OCH3 is 1. The highest BCUT2D eigenvalue weighted by Gasteiger charge is 2.10. The van der Waals surface area contributed by atoms with Gasteiger partial charge in [0.05, 0.1) is 7.11 Å². The standard InChI is InChI=1S/C14H20BrNO2/c1-10(2)7-12(15)9-16-14(17)11-5-4-6-13(8-11)18-3/h4-6,8,10,12H,7,9H2,1-3H3,(H,16,17). The molecule has 0 bridgehead atoms. The fourth-order valence-corrected chi connectivity index (χ4v) is 2.57. The summed E-state index contributed by atoms with van der Waals surface area (Å²) in [7, 11) is 1.59. The summed E-state index contributed by atoms with van der Waals surface area (Å²) >= 11 is 3.57. The minimum absolute atomic E-state index is 0.0675. The molecule has 1 aromatic carbocycles. The highest BCUT2D eigenvalue weighted by molar-refractivity contribution is 9.09. The van der Waals surface area contributed by atoms with E-state index in [2.05, 4.69) is 35.1 Å².